The third-order valence-electron chi connectivity index (χ3n) is 1.62. The van der Waals surface area contributed by atoms with Crippen molar-refractivity contribution in [3.05, 3.63) is 0 Å². The Balaban J connectivity index is 0. The number of aliphatic carboxylic acids is 2. The van der Waals surface area contributed by atoms with Gasteiger partial charge in [0.2, 0.25) is 11.8 Å². The second kappa shape index (κ2) is 9.52. The molecule has 0 saturated carbocycles. The van der Waals surface area contributed by atoms with E-state index in [-0.39, 0.29) is 13.1 Å². The lowest BCUT2D eigenvalue weighted by molar-refractivity contribution is -0.192. The largest absolute Gasteiger partial charge is 0.490 e. The van der Waals surface area contributed by atoms with Crippen LogP contribution in [0.15, 0.2) is 0 Å². The van der Waals surface area contributed by atoms with Crippen LogP contribution in [0.3, 0.4) is 0 Å². The van der Waals surface area contributed by atoms with Crippen LogP contribution in [0.1, 0.15) is 6.92 Å². The van der Waals surface area contributed by atoms with Gasteiger partial charge in [0.25, 0.3) is 0 Å². The Morgan fingerprint density at radius 2 is 1.57 bits per heavy atom. The number of carbonyl (C=O) groups is 4. The van der Waals surface area contributed by atoms with Crippen molar-refractivity contribution >= 4 is 23.8 Å². The van der Waals surface area contributed by atoms with E-state index < -0.39 is 36.0 Å². The fraction of sp³-hybridized carbons (Fsp3) is 0.556. The number of amides is 2. The number of hydrogen-bond donors (Lipinski definition) is 5. The molecule has 0 aromatic rings. The molecule has 0 radical (unpaired) electrons. The van der Waals surface area contributed by atoms with Gasteiger partial charge in [0.15, 0.2) is 0 Å². The molecule has 6 N–H and O–H groups in total. The molecule has 0 unspecified atom stereocenters. The van der Waals surface area contributed by atoms with Crippen molar-refractivity contribution < 1.29 is 42.6 Å². The average Bonchev–Trinajstić information content (AvgIpc) is 2.35. The van der Waals surface area contributed by atoms with Crippen LogP contribution >= 0.6 is 0 Å². The Morgan fingerprint density at radius 1 is 1.14 bits per heavy atom. The molecule has 21 heavy (non-hydrogen) atoms. The third kappa shape index (κ3) is 12.4. The number of alkyl halides is 3. The third-order valence-corrected chi connectivity index (χ3v) is 1.62. The van der Waals surface area contributed by atoms with Gasteiger partial charge in [-0.15, -0.1) is 0 Å². The van der Waals surface area contributed by atoms with Crippen LogP contribution in [0, 0.1) is 0 Å². The summed E-state index contributed by atoms with van der Waals surface area (Å²) < 4.78 is 31.7. The van der Waals surface area contributed by atoms with E-state index in [1.165, 1.54) is 6.92 Å². The molecule has 2 amide bonds. The zero-order valence-electron chi connectivity index (χ0n) is 10.7. The topological polar surface area (TPSA) is 159 Å². The van der Waals surface area contributed by atoms with E-state index in [1.54, 1.807) is 0 Å². The molecule has 0 heterocycles. The van der Waals surface area contributed by atoms with Crippen molar-refractivity contribution in [1.82, 2.24) is 10.6 Å². The summed E-state index contributed by atoms with van der Waals surface area (Å²) >= 11 is 0. The first-order valence-electron chi connectivity index (χ1n) is 5.20. The van der Waals surface area contributed by atoms with E-state index >= 15 is 0 Å². The van der Waals surface area contributed by atoms with Crippen LogP contribution in [-0.4, -0.2) is 59.3 Å². The van der Waals surface area contributed by atoms with Crippen LogP contribution < -0.4 is 16.4 Å². The summed E-state index contributed by atoms with van der Waals surface area (Å²) in [4.78, 5) is 40.8. The van der Waals surface area contributed by atoms with E-state index in [9.17, 15) is 27.6 Å². The molecule has 1 atom stereocenters. The number of nitrogens with two attached hydrogens (primary N) is 1. The van der Waals surface area contributed by atoms with E-state index in [0.29, 0.717) is 0 Å². The maximum atomic E-state index is 10.9. The fourth-order valence-electron chi connectivity index (χ4n) is 0.605. The monoisotopic (exact) mass is 317 g/mol. The number of carbonyl (C=O) groups excluding carboxylic acids is 2. The quantitative estimate of drug-likeness (QED) is 0.403. The van der Waals surface area contributed by atoms with E-state index in [2.05, 4.69) is 10.6 Å². The number of carboxylic acid groups (broad SMARTS) is 2. The average molecular weight is 317 g/mol. The molecule has 12 heteroatoms. The highest BCUT2D eigenvalue weighted by Crippen LogP contribution is 2.13. The van der Waals surface area contributed by atoms with Gasteiger partial charge in [-0.25, -0.2) is 4.79 Å². The van der Waals surface area contributed by atoms with Crippen LogP contribution in [0.4, 0.5) is 13.2 Å². The summed E-state index contributed by atoms with van der Waals surface area (Å²) in [5, 5.41) is 19.9. The molecule has 0 aliphatic carbocycles. The van der Waals surface area contributed by atoms with Gasteiger partial charge in [0.05, 0.1) is 13.1 Å². The van der Waals surface area contributed by atoms with Gasteiger partial charge in [-0.3, -0.25) is 14.4 Å². The van der Waals surface area contributed by atoms with Gasteiger partial charge in [0, 0.05) is 0 Å². The van der Waals surface area contributed by atoms with E-state index in [0.717, 1.165) is 0 Å². The molecule has 0 fully saturated rings. The zero-order valence-corrected chi connectivity index (χ0v) is 10.7. The molecule has 0 aliphatic rings. The minimum Gasteiger partial charge on any atom is -0.480 e. The lowest BCUT2D eigenvalue weighted by atomic mass is 10.3. The van der Waals surface area contributed by atoms with Crippen molar-refractivity contribution in [1.29, 1.82) is 0 Å². The van der Waals surface area contributed by atoms with Crippen molar-refractivity contribution in [3.63, 3.8) is 0 Å². The number of nitrogens with one attached hydrogen (secondary N) is 2. The SMILES string of the molecule is C[C@H](NC(=O)CNC(=O)CN)C(=O)O.O=C(O)C(F)(F)F. The van der Waals surface area contributed by atoms with Crippen LogP contribution in [0.2, 0.25) is 0 Å². The molecule has 0 rings (SSSR count). The molecule has 0 bridgehead atoms. The van der Waals surface area contributed by atoms with Gasteiger partial charge >= 0.3 is 18.1 Å². The van der Waals surface area contributed by atoms with Gasteiger partial charge in [-0.05, 0) is 6.92 Å². The lowest BCUT2D eigenvalue weighted by Crippen LogP contribution is -2.44. The second-order valence-electron chi connectivity index (χ2n) is 3.41. The summed E-state index contributed by atoms with van der Waals surface area (Å²) in [6, 6.07) is -0.975. The molecular formula is C9H14F3N3O6. The smallest absolute Gasteiger partial charge is 0.480 e. The lowest BCUT2D eigenvalue weighted by Gasteiger charge is -2.09. The van der Waals surface area contributed by atoms with E-state index in [4.69, 9.17) is 20.7 Å². The van der Waals surface area contributed by atoms with E-state index in [1.807, 2.05) is 0 Å². The summed E-state index contributed by atoms with van der Waals surface area (Å²) in [7, 11) is 0. The van der Waals surface area contributed by atoms with Crippen LogP contribution in [-0.2, 0) is 19.2 Å². The Hall–Kier alpha value is -2.37. The summed E-state index contributed by atoms with van der Waals surface area (Å²) in [5.41, 5.74) is 4.97. The second-order valence-corrected chi connectivity index (χ2v) is 3.41. The number of carboxylic acids is 2. The minimum absolute atomic E-state index is 0.207. The van der Waals surface area contributed by atoms with Gasteiger partial charge in [-0.2, -0.15) is 13.2 Å². The maximum Gasteiger partial charge on any atom is 0.490 e. The van der Waals surface area contributed by atoms with Crippen LogP contribution in [0.25, 0.3) is 0 Å². The Bertz CT molecular complexity index is 399. The first-order chi connectivity index (χ1) is 9.41. The first kappa shape index (κ1) is 20.9. The van der Waals surface area contributed by atoms with Gasteiger partial charge in [0.1, 0.15) is 6.04 Å². The minimum atomic E-state index is -5.08. The molecule has 122 valence electrons. The van der Waals surface area contributed by atoms with Gasteiger partial charge < -0.3 is 26.6 Å². The summed E-state index contributed by atoms with van der Waals surface area (Å²) in [6.07, 6.45) is -5.08. The zero-order chi connectivity index (χ0) is 17.2. The molecule has 0 aromatic carbocycles. The van der Waals surface area contributed by atoms with Gasteiger partial charge in [-0.1, -0.05) is 0 Å². The normalized spacial score (nSPS) is 11.5. The standard InChI is InChI=1S/C7H13N3O4.C2HF3O2/c1-4(7(13)14)10-6(12)3-9-5(11)2-8;3-2(4,5)1(6)7/h4H,2-3,8H2,1H3,(H,9,11)(H,10,12)(H,13,14);(H,6,7)/t4-;/m0./s1. The first-order valence-corrected chi connectivity index (χ1v) is 5.20. The highest BCUT2D eigenvalue weighted by Gasteiger charge is 2.38. The molecular weight excluding hydrogens is 303 g/mol. The molecule has 0 spiro atoms. The highest BCUT2D eigenvalue weighted by molar-refractivity contribution is 5.88. The molecule has 9 nitrogen and oxygen atoms in total. The number of halogens is 3. The molecule has 0 aromatic heterocycles. The number of hydrogen-bond acceptors (Lipinski definition) is 5. The van der Waals surface area contributed by atoms with Crippen molar-refractivity contribution in [2.75, 3.05) is 13.1 Å². The van der Waals surface area contributed by atoms with Crippen molar-refractivity contribution in [2.24, 2.45) is 5.73 Å². The Labute approximate surface area is 116 Å². The van der Waals surface area contributed by atoms with Crippen molar-refractivity contribution in [2.45, 2.75) is 19.1 Å². The van der Waals surface area contributed by atoms with Crippen LogP contribution in [0.5, 0.6) is 0 Å². The maximum absolute atomic E-state index is 10.9. The Morgan fingerprint density at radius 3 is 1.86 bits per heavy atom. The molecule has 0 saturated heterocycles. The molecule has 0 aliphatic heterocycles. The Kier molecular flexibility index (Phi) is 9.49. The fourth-order valence-corrected chi connectivity index (χ4v) is 0.605. The summed E-state index contributed by atoms with van der Waals surface area (Å²) in [6.45, 7) is 0.848. The predicted octanol–water partition coefficient (Wildman–Crippen LogP) is -1.72. The highest BCUT2D eigenvalue weighted by atomic mass is 19.4. The predicted molar refractivity (Wildman–Crippen MR) is 61.0 cm³/mol. The number of rotatable bonds is 5. The van der Waals surface area contributed by atoms with Crippen molar-refractivity contribution in [3.8, 4) is 0 Å². The summed E-state index contributed by atoms with van der Waals surface area (Å²) in [5.74, 6) is -4.93.